The summed E-state index contributed by atoms with van der Waals surface area (Å²) in [6, 6.07) is 0. The highest BCUT2D eigenvalue weighted by Crippen LogP contribution is 2.21. The molecule has 8 heteroatoms. The lowest BCUT2D eigenvalue weighted by atomic mass is 9.88. The number of esters is 2. The molecule has 2 atom stereocenters. The maximum atomic E-state index is 12.7. The van der Waals surface area contributed by atoms with E-state index < -0.39 is 35.4 Å². The van der Waals surface area contributed by atoms with Crippen molar-refractivity contribution in [1.29, 1.82) is 0 Å². The van der Waals surface area contributed by atoms with Crippen LogP contribution in [0.15, 0.2) is 0 Å². The van der Waals surface area contributed by atoms with Gasteiger partial charge < -0.3 is 20.1 Å². The molecule has 0 aromatic heterocycles. The summed E-state index contributed by atoms with van der Waals surface area (Å²) in [5.74, 6) is -5.75. The summed E-state index contributed by atoms with van der Waals surface area (Å²) < 4.78 is 4.63. The van der Waals surface area contributed by atoms with Crippen LogP contribution in [0.5, 0.6) is 0 Å². The molecule has 0 aromatic carbocycles. The second kappa shape index (κ2) is 25.0. The molecule has 0 heterocycles. The third-order valence-electron chi connectivity index (χ3n) is 7.56. The molecule has 0 rings (SSSR count). The highest BCUT2D eigenvalue weighted by Gasteiger charge is 2.55. The molecule has 0 aliphatic carbocycles. The van der Waals surface area contributed by atoms with Crippen LogP contribution in [0.2, 0.25) is 0 Å². The van der Waals surface area contributed by atoms with Gasteiger partial charge >= 0.3 is 17.9 Å². The van der Waals surface area contributed by atoms with Gasteiger partial charge in [-0.25, -0.2) is 9.59 Å². The number of ether oxygens (including phenoxy) is 1. The van der Waals surface area contributed by atoms with Crippen molar-refractivity contribution in [3.63, 3.8) is 0 Å². The van der Waals surface area contributed by atoms with Crippen LogP contribution in [0.3, 0.4) is 0 Å². The summed E-state index contributed by atoms with van der Waals surface area (Å²) in [7, 11) is 0. The van der Waals surface area contributed by atoms with Crippen LogP contribution in [0, 0.1) is 0 Å². The minimum Gasteiger partial charge on any atom is -0.479 e. The average Bonchev–Trinajstić information content (AvgIpc) is 2.93. The largest absolute Gasteiger partial charge is 0.479 e. The molecule has 3 N–H and O–H groups in total. The maximum Gasteiger partial charge on any atom is 0.357 e. The Morgan fingerprint density at radius 2 is 0.900 bits per heavy atom. The van der Waals surface area contributed by atoms with Gasteiger partial charge in [0.05, 0.1) is 0 Å². The minimum absolute atomic E-state index is 0.0885. The predicted octanol–water partition coefficient (Wildman–Crippen LogP) is 7.20. The van der Waals surface area contributed by atoms with Crippen LogP contribution in [0.1, 0.15) is 168 Å². The number of hydrogen-bond donors (Lipinski definition) is 3. The van der Waals surface area contributed by atoms with Gasteiger partial charge in [-0.05, 0) is 12.8 Å². The first kappa shape index (κ1) is 38.2. The van der Waals surface area contributed by atoms with Crippen molar-refractivity contribution in [2.45, 2.75) is 180 Å². The number of carboxylic acid groups (broad SMARTS) is 1. The zero-order chi connectivity index (χ0) is 30.1. The first-order valence-corrected chi connectivity index (χ1v) is 16.1. The predicted molar refractivity (Wildman–Crippen MR) is 157 cm³/mol. The Balaban J connectivity index is 4.35. The van der Waals surface area contributed by atoms with E-state index in [0.29, 0.717) is 19.3 Å². The number of aliphatic carboxylic acids is 1. The number of hydrogen-bond acceptors (Lipinski definition) is 7. The number of ketones is 1. The average molecular weight is 571 g/mol. The molecule has 0 saturated carbocycles. The molecule has 234 valence electrons. The summed E-state index contributed by atoms with van der Waals surface area (Å²) in [6.07, 6.45) is 20.3. The molecule has 8 nitrogen and oxygen atoms in total. The lowest BCUT2D eigenvalue weighted by molar-refractivity contribution is -0.192. The van der Waals surface area contributed by atoms with E-state index >= 15 is 0 Å². The van der Waals surface area contributed by atoms with Gasteiger partial charge in [-0.15, -0.1) is 0 Å². The van der Waals surface area contributed by atoms with E-state index in [1.165, 1.54) is 77.0 Å². The Kier molecular flexibility index (Phi) is 23.8. The number of aliphatic hydroxyl groups excluding tert-OH is 1. The van der Waals surface area contributed by atoms with Crippen LogP contribution >= 0.6 is 0 Å². The fraction of sp³-hybridized carbons (Fsp3) is 0.875. The fourth-order valence-electron chi connectivity index (χ4n) is 4.86. The van der Waals surface area contributed by atoms with Crippen molar-refractivity contribution < 1.29 is 39.2 Å². The molecule has 0 bridgehead atoms. The number of aliphatic hydroxyl groups is 2. The second-order valence-corrected chi connectivity index (χ2v) is 11.3. The molecule has 0 aliphatic heterocycles. The van der Waals surface area contributed by atoms with Crippen LogP contribution in [-0.2, 0) is 23.9 Å². The van der Waals surface area contributed by atoms with E-state index in [-0.39, 0.29) is 12.8 Å². The lowest BCUT2D eigenvalue weighted by Gasteiger charge is -2.26. The highest BCUT2D eigenvalue weighted by atomic mass is 16.6. The zero-order valence-electron chi connectivity index (χ0n) is 25.4. The Labute approximate surface area is 242 Å². The second-order valence-electron chi connectivity index (χ2n) is 11.3. The summed E-state index contributed by atoms with van der Waals surface area (Å²) in [6.45, 7) is 4.39. The Bertz CT molecular complexity index is 692. The molecular weight excluding hydrogens is 512 g/mol. The first-order valence-electron chi connectivity index (χ1n) is 16.1. The highest BCUT2D eigenvalue weighted by molar-refractivity contribution is 6.12. The molecule has 0 saturated heterocycles. The number of Topliss-reactive ketones (excluding diaryl/α,β-unsaturated/α-hetero) is 1. The van der Waals surface area contributed by atoms with Gasteiger partial charge in [0, 0.05) is 12.8 Å². The van der Waals surface area contributed by atoms with E-state index in [9.17, 15) is 34.5 Å². The minimum atomic E-state index is -3.31. The maximum absolute atomic E-state index is 12.7. The number of carbonyl (C=O) groups is 4. The summed E-state index contributed by atoms with van der Waals surface area (Å²) in [5, 5.41) is 29.8. The topological polar surface area (TPSA) is 138 Å². The van der Waals surface area contributed by atoms with E-state index in [2.05, 4.69) is 18.6 Å². The molecule has 0 aromatic rings. The van der Waals surface area contributed by atoms with Gasteiger partial charge in [0.15, 0.2) is 11.9 Å². The standard InChI is InChI=1S/C32H58O8/c1-3-5-7-9-11-13-15-17-19-21-23-25-27(33)32(39,29(35)30(36)37)31(38)40-28(34)26-24-22-20-18-16-14-12-10-8-6-4-2/h29,35,39H,3-26H2,1-2H3,(H,36,37). The van der Waals surface area contributed by atoms with Crippen LogP contribution in [0.4, 0.5) is 0 Å². The van der Waals surface area contributed by atoms with Crippen molar-refractivity contribution in [3.8, 4) is 0 Å². The molecule has 0 spiro atoms. The summed E-state index contributed by atoms with van der Waals surface area (Å²) in [5.41, 5.74) is -3.31. The van der Waals surface area contributed by atoms with Crippen LogP contribution in [0.25, 0.3) is 0 Å². The third kappa shape index (κ3) is 17.8. The Hall–Kier alpha value is -1.80. The van der Waals surface area contributed by atoms with Gasteiger partial charge in [0.25, 0.3) is 5.60 Å². The Morgan fingerprint density at radius 3 is 1.25 bits per heavy atom. The molecule has 0 aliphatic rings. The number of rotatable bonds is 28. The van der Waals surface area contributed by atoms with Crippen molar-refractivity contribution in [1.82, 2.24) is 0 Å². The first-order chi connectivity index (χ1) is 19.2. The van der Waals surface area contributed by atoms with E-state index in [1.807, 2.05) is 0 Å². The van der Waals surface area contributed by atoms with Crippen molar-refractivity contribution in [2.75, 3.05) is 0 Å². The zero-order valence-corrected chi connectivity index (χ0v) is 25.4. The number of carbonyl (C=O) groups excluding carboxylic acids is 3. The molecule has 2 unspecified atom stereocenters. The van der Waals surface area contributed by atoms with Gasteiger partial charge in [0.1, 0.15) is 0 Å². The normalized spacial score (nSPS) is 13.5. The monoisotopic (exact) mass is 570 g/mol. The summed E-state index contributed by atoms with van der Waals surface area (Å²) in [4.78, 5) is 48.7. The molecule has 0 fully saturated rings. The molecule has 0 radical (unpaired) electrons. The molecule has 0 amide bonds. The molecule has 40 heavy (non-hydrogen) atoms. The Morgan fingerprint density at radius 1 is 0.575 bits per heavy atom. The molecular formula is C32H58O8. The fourth-order valence-corrected chi connectivity index (χ4v) is 4.86. The summed E-state index contributed by atoms with van der Waals surface area (Å²) >= 11 is 0. The van der Waals surface area contributed by atoms with E-state index in [1.54, 1.807) is 0 Å². The van der Waals surface area contributed by atoms with E-state index in [0.717, 1.165) is 44.9 Å². The van der Waals surface area contributed by atoms with Crippen molar-refractivity contribution >= 4 is 23.7 Å². The third-order valence-corrected chi connectivity index (χ3v) is 7.56. The SMILES string of the molecule is CCCCCCCCCCCCCC(=O)OC(=O)C(O)(C(=O)CCCCCCCCCCCCC)C(O)C(=O)O. The van der Waals surface area contributed by atoms with E-state index in [4.69, 9.17) is 0 Å². The lowest BCUT2D eigenvalue weighted by Crippen LogP contribution is -2.59. The van der Waals surface area contributed by atoms with Gasteiger partial charge in [-0.3, -0.25) is 9.59 Å². The van der Waals surface area contributed by atoms with Crippen molar-refractivity contribution in [3.05, 3.63) is 0 Å². The quantitative estimate of drug-likeness (QED) is 0.0510. The number of carboxylic acids is 1. The van der Waals surface area contributed by atoms with Crippen molar-refractivity contribution in [2.24, 2.45) is 0 Å². The van der Waals surface area contributed by atoms with Gasteiger partial charge in [-0.1, -0.05) is 142 Å². The smallest absolute Gasteiger partial charge is 0.357 e. The van der Waals surface area contributed by atoms with Gasteiger partial charge in [-0.2, -0.15) is 0 Å². The number of unbranched alkanes of at least 4 members (excludes halogenated alkanes) is 20. The van der Waals surface area contributed by atoms with Crippen LogP contribution in [-0.4, -0.2) is 50.7 Å². The van der Waals surface area contributed by atoms with Crippen LogP contribution < -0.4 is 0 Å². The van der Waals surface area contributed by atoms with Gasteiger partial charge in [0.2, 0.25) is 0 Å².